The number of nitrogens with one attached hydrogen (secondary N) is 1. The first-order valence-corrected chi connectivity index (χ1v) is 9.54. The maximum atomic E-state index is 13.7. The second-order valence-electron chi connectivity index (χ2n) is 7.13. The average Bonchev–Trinajstić information content (AvgIpc) is 3.33. The molecule has 3 aromatic rings. The number of amides is 1. The van der Waals surface area contributed by atoms with Crippen LogP contribution in [0.1, 0.15) is 41.4 Å². The number of halogens is 4. The molecule has 10 heteroatoms. The van der Waals surface area contributed by atoms with Gasteiger partial charge in [0.25, 0.3) is 5.91 Å². The molecule has 1 aliphatic rings. The van der Waals surface area contributed by atoms with E-state index in [4.69, 9.17) is 0 Å². The van der Waals surface area contributed by atoms with Crippen LogP contribution >= 0.6 is 0 Å². The van der Waals surface area contributed by atoms with Crippen LogP contribution < -0.4 is 10.2 Å². The number of aromatic nitrogens is 3. The van der Waals surface area contributed by atoms with Gasteiger partial charge in [0.05, 0.1) is 18.7 Å². The SMILES string of the molecule is O=C(NCCC(F)(F)F)c1cnc2ccc(N3CCCC3c3cccc(F)c3)nn12. The number of imidazole rings is 1. The normalized spacial score (nSPS) is 16.9. The fourth-order valence-corrected chi connectivity index (χ4v) is 3.68. The van der Waals surface area contributed by atoms with Crippen LogP contribution in [0.15, 0.2) is 42.6 Å². The van der Waals surface area contributed by atoms with Gasteiger partial charge in [-0.05, 0) is 42.7 Å². The Morgan fingerprint density at radius 3 is 2.83 bits per heavy atom. The maximum Gasteiger partial charge on any atom is 0.390 e. The molecule has 4 rings (SSSR count). The van der Waals surface area contributed by atoms with E-state index in [-0.39, 0.29) is 17.6 Å². The summed E-state index contributed by atoms with van der Waals surface area (Å²) >= 11 is 0. The summed E-state index contributed by atoms with van der Waals surface area (Å²) in [5, 5.41) is 6.75. The zero-order valence-electron chi connectivity index (χ0n) is 15.9. The molecule has 6 nitrogen and oxygen atoms in total. The first-order chi connectivity index (χ1) is 14.3. The molecule has 1 N–H and O–H groups in total. The van der Waals surface area contributed by atoms with Gasteiger partial charge in [-0.25, -0.2) is 13.9 Å². The third-order valence-corrected chi connectivity index (χ3v) is 5.06. The lowest BCUT2D eigenvalue weighted by Gasteiger charge is -2.26. The lowest BCUT2D eigenvalue weighted by molar-refractivity contribution is -0.133. The second-order valence-corrected chi connectivity index (χ2v) is 7.13. The molecule has 0 saturated carbocycles. The Kier molecular flexibility index (Phi) is 5.31. The van der Waals surface area contributed by atoms with Crippen molar-refractivity contribution in [1.29, 1.82) is 0 Å². The Morgan fingerprint density at radius 2 is 2.07 bits per heavy atom. The molecule has 0 radical (unpaired) electrons. The molecule has 3 heterocycles. The quantitative estimate of drug-likeness (QED) is 0.635. The first kappa shape index (κ1) is 20.1. The van der Waals surface area contributed by atoms with Crippen LogP contribution in [0.5, 0.6) is 0 Å². The third-order valence-electron chi connectivity index (χ3n) is 5.06. The summed E-state index contributed by atoms with van der Waals surface area (Å²) < 4.78 is 51.9. The van der Waals surface area contributed by atoms with Crippen molar-refractivity contribution in [3.05, 3.63) is 59.7 Å². The van der Waals surface area contributed by atoms with Gasteiger partial charge >= 0.3 is 6.18 Å². The average molecular weight is 421 g/mol. The van der Waals surface area contributed by atoms with E-state index in [0.29, 0.717) is 18.0 Å². The molecule has 0 spiro atoms. The summed E-state index contributed by atoms with van der Waals surface area (Å²) in [5.74, 6) is -0.411. The van der Waals surface area contributed by atoms with Gasteiger partial charge in [0.1, 0.15) is 11.6 Å². The van der Waals surface area contributed by atoms with Crippen molar-refractivity contribution in [2.24, 2.45) is 0 Å². The molecule has 2 aromatic heterocycles. The lowest BCUT2D eigenvalue weighted by Crippen LogP contribution is -2.29. The van der Waals surface area contributed by atoms with Crippen LogP contribution in [0.25, 0.3) is 5.65 Å². The topological polar surface area (TPSA) is 62.5 Å². The third kappa shape index (κ3) is 4.22. The minimum Gasteiger partial charge on any atom is -0.350 e. The van der Waals surface area contributed by atoms with E-state index in [1.807, 2.05) is 11.0 Å². The van der Waals surface area contributed by atoms with Gasteiger partial charge in [-0.2, -0.15) is 13.2 Å². The fourth-order valence-electron chi connectivity index (χ4n) is 3.68. The minimum atomic E-state index is -4.35. The largest absolute Gasteiger partial charge is 0.390 e. The number of rotatable bonds is 5. The molecule has 1 aliphatic heterocycles. The molecule has 1 saturated heterocycles. The molecular formula is C20H19F4N5O. The number of alkyl halides is 3. The van der Waals surface area contributed by atoms with E-state index in [1.165, 1.54) is 22.8 Å². The van der Waals surface area contributed by atoms with Crippen molar-refractivity contribution >= 4 is 17.4 Å². The monoisotopic (exact) mass is 421 g/mol. The first-order valence-electron chi connectivity index (χ1n) is 9.54. The highest BCUT2D eigenvalue weighted by atomic mass is 19.4. The number of nitrogens with zero attached hydrogens (tertiary/aromatic N) is 4. The van der Waals surface area contributed by atoms with E-state index in [9.17, 15) is 22.4 Å². The Labute approximate surface area is 169 Å². The molecule has 1 atom stereocenters. The molecule has 1 amide bonds. The number of hydrogen-bond acceptors (Lipinski definition) is 4. The standard InChI is InChI=1S/C20H19F4N5O/c21-14-4-1-3-13(11-14)15-5-2-10-28(15)18-7-6-17-26-12-16(29(17)27-18)19(30)25-9-8-20(22,23)24/h1,3-4,6-7,11-12,15H,2,5,8-10H2,(H,25,30). The Hall–Kier alpha value is -3.17. The number of carbonyl (C=O) groups excluding carboxylic acids is 1. The van der Waals surface area contributed by atoms with Crippen LogP contribution in [0.2, 0.25) is 0 Å². The van der Waals surface area contributed by atoms with Gasteiger partial charge in [-0.3, -0.25) is 4.79 Å². The predicted molar refractivity (Wildman–Crippen MR) is 102 cm³/mol. The molecule has 0 aliphatic carbocycles. The molecule has 0 bridgehead atoms. The summed E-state index contributed by atoms with van der Waals surface area (Å²) in [4.78, 5) is 18.5. The van der Waals surface area contributed by atoms with Crippen LogP contribution in [-0.2, 0) is 0 Å². The number of benzene rings is 1. The number of anilines is 1. The Balaban J connectivity index is 1.58. The highest BCUT2D eigenvalue weighted by molar-refractivity contribution is 5.93. The highest BCUT2D eigenvalue weighted by Crippen LogP contribution is 2.35. The molecule has 158 valence electrons. The van der Waals surface area contributed by atoms with Crippen LogP contribution in [0, 0.1) is 5.82 Å². The van der Waals surface area contributed by atoms with Gasteiger partial charge in [0, 0.05) is 13.1 Å². The fraction of sp³-hybridized carbons (Fsp3) is 0.350. The predicted octanol–water partition coefficient (Wildman–Crippen LogP) is 3.89. The van der Waals surface area contributed by atoms with Gasteiger partial charge in [0.2, 0.25) is 0 Å². The van der Waals surface area contributed by atoms with Gasteiger partial charge in [0.15, 0.2) is 11.3 Å². The maximum absolute atomic E-state index is 13.7. The van der Waals surface area contributed by atoms with E-state index < -0.39 is 25.0 Å². The van der Waals surface area contributed by atoms with Crippen LogP contribution in [0.3, 0.4) is 0 Å². The van der Waals surface area contributed by atoms with Crippen molar-refractivity contribution in [3.63, 3.8) is 0 Å². The second kappa shape index (κ2) is 7.92. The molecule has 1 aromatic carbocycles. The molecule has 30 heavy (non-hydrogen) atoms. The molecule has 1 fully saturated rings. The van der Waals surface area contributed by atoms with E-state index in [2.05, 4.69) is 15.4 Å². The Morgan fingerprint density at radius 1 is 1.23 bits per heavy atom. The minimum absolute atomic E-state index is 0.0514. The van der Waals surface area contributed by atoms with Crippen LogP contribution in [-0.4, -0.2) is 39.8 Å². The number of fused-ring (bicyclic) bond motifs is 1. The van der Waals surface area contributed by atoms with Gasteiger partial charge in [-0.15, -0.1) is 5.10 Å². The lowest BCUT2D eigenvalue weighted by atomic mass is 10.0. The summed E-state index contributed by atoms with van der Waals surface area (Å²) in [5.41, 5.74) is 1.29. The van der Waals surface area contributed by atoms with E-state index in [0.717, 1.165) is 18.4 Å². The van der Waals surface area contributed by atoms with Crippen molar-refractivity contribution in [3.8, 4) is 0 Å². The number of hydrogen-bond donors (Lipinski definition) is 1. The van der Waals surface area contributed by atoms with Gasteiger partial charge < -0.3 is 10.2 Å². The number of carbonyl (C=O) groups is 1. The zero-order valence-corrected chi connectivity index (χ0v) is 15.9. The highest BCUT2D eigenvalue weighted by Gasteiger charge is 2.29. The van der Waals surface area contributed by atoms with Gasteiger partial charge in [-0.1, -0.05) is 12.1 Å². The zero-order chi connectivity index (χ0) is 21.3. The Bertz CT molecular complexity index is 1060. The summed E-state index contributed by atoms with van der Waals surface area (Å²) in [7, 11) is 0. The smallest absolute Gasteiger partial charge is 0.350 e. The summed E-state index contributed by atoms with van der Waals surface area (Å²) in [6.07, 6.45) is -2.45. The van der Waals surface area contributed by atoms with Crippen molar-refractivity contribution in [2.75, 3.05) is 18.0 Å². The van der Waals surface area contributed by atoms with Crippen LogP contribution in [0.4, 0.5) is 23.4 Å². The van der Waals surface area contributed by atoms with Crippen molar-refractivity contribution in [1.82, 2.24) is 19.9 Å². The van der Waals surface area contributed by atoms with Crippen molar-refractivity contribution < 1.29 is 22.4 Å². The summed E-state index contributed by atoms with van der Waals surface area (Å²) in [6.45, 7) is 0.185. The molecular weight excluding hydrogens is 402 g/mol. The van der Waals surface area contributed by atoms with E-state index in [1.54, 1.807) is 18.2 Å². The van der Waals surface area contributed by atoms with E-state index >= 15 is 0 Å². The molecule has 1 unspecified atom stereocenters. The summed E-state index contributed by atoms with van der Waals surface area (Å²) in [6, 6.07) is 9.82. The van der Waals surface area contributed by atoms with Crippen molar-refractivity contribution in [2.45, 2.75) is 31.5 Å².